The van der Waals surface area contributed by atoms with Crippen molar-refractivity contribution in [3.05, 3.63) is 21.9 Å². The first kappa shape index (κ1) is 10.4. The van der Waals surface area contributed by atoms with E-state index in [1.165, 1.54) is 11.3 Å². The summed E-state index contributed by atoms with van der Waals surface area (Å²) in [6.07, 6.45) is 0.478. The Bertz CT molecular complexity index is 291. The van der Waals surface area contributed by atoms with Crippen LogP contribution in [0.5, 0.6) is 0 Å². The lowest BCUT2D eigenvalue weighted by Crippen LogP contribution is -2.11. The second-order valence-electron chi connectivity index (χ2n) is 3.11. The van der Waals surface area contributed by atoms with E-state index in [2.05, 4.69) is 0 Å². The predicted octanol–water partition coefficient (Wildman–Crippen LogP) is 2.66. The summed E-state index contributed by atoms with van der Waals surface area (Å²) in [4.78, 5) is 12.5. The fourth-order valence-electron chi connectivity index (χ4n) is 1.10. The van der Waals surface area contributed by atoms with Gasteiger partial charge in [0.05, 0.1) is 11.0 Å². The molecule has 0 N–H and O–H groups in total. The molecule has 0 amide bonds. The monoisotopic (exact) mass is 198 g/mol. The second-order valence-corrected chi connectivity index (χ2v) is 4.02. The Morgan fingerprint density at radius 1 is 1.69 bits per heavy atom. The third kappa shape index (κ3) is 2.64. The highest BCUT2D eigenvalue weighted by atomic mass is 32.1. The lowest BCUT2D eigenvalue weighted by atomic mass is 10.1. The van der Waals surface area contributed by atoms with Crippen molar-refractivity contribution in [2.24, 2.45) is 0 Å². The molecule has 1 aromatic rings. The summed E-state index contributed by atoms with van der Waals surface area (Å²) < 4.78 is 5.04. The maximum Gasteiger partial charge on any atom is 0.175 e. The van der Waals surface area contributed by atoms with Gasteiger partial charge in [-0.1, -0.05) is 0 Å². The lowest BCUT2D eigenvalue weighted by molar-refractivity contribution is 0.0795. The smallest absolute Gasteiger partial charge is 0.175 e. The molecule has 13 heavy (non-hydrogen) atoms. The number of ketones is 1. The van der Waals surface area contributed by atoms with Gasteiger partial charge in [-0.25, -0.2) is 0 Å². The van der Waals surface area contributed by atoms with Gasteiger partial charge >= 0.3 is 0 Å². The van der Waals surface area contributed by atoms with Crippen LogP contribution in [0.2, 0.25) is 0 Å². The van der Waals surface area contributed by atoms with Gasteiger partial charge in [-0.3, -0.25) is 4.79 Å². The molecule has 0 radical (unpaired) electrons. The van der Waals surface area contributed by atoms with E-state index in [0.29, 0.717) is 6.42 Å². The first-order valence-corrected chi connectivity index (χ1v) is 5.13. The Balaban J connectivity index is 2.64. The minimum atomic E-state index is 0.00833. The average molecular weight is 198 g/mol. The van der Waals surface area contributed by atoms with Crippen LogP contribution in [0.15, 0.2) is 11.4 Å². The van der Waals surface area contributed by atoms with Gasteiger partial charge in [0, 0.05) is 13.5 Å². The molecule has 0 aliphatic carbocycles. The molecule has 0 aromatic carbocycles. The number of thiophene rings is 1. The molecule has 3 heteroatoms. The van der Waals surface area contributed by atoms with Gasteiger partial charge in [-0.2, -0.15) is 0 Å². The van der Waals surface area contributed by atoms with Crippen LogP contribution in [0.4, 0.5) is 0 Å². The Morgan fingerprint density at radius 2 is 2.38 bits per heavy atom. The number of hydrogen-bond acceptors (Lipinski definition) is 3. The summed E-state index contributed by atoms with van der Waals surface area (Å²) in [6.45, 7) is 3.86. The highest BCUT2D eigenvalue weighted by Gasteiger charge is 2.13. The zero-order chi connectivity index (χ0) is 9.84. The summed E-state index contributed by atoms with van der Waals surface area (Å²) >= 11 is 1.51. The summed E-state index contributed by atoms with van der Waals surface area (Å²) in [5, 5.41) is 1.94. The molecule has 0 spiro atoms. The van der Waals surface area contributed by atoms with E-state index in [1.54, 1.807) is 7.11 Å². The van der Waals surface area contributed by atoms with Gasteiger partial charge in [0.25, 0.3) is 0 Å². The summed E-state index contributed by atoms with van der Waals surface area (Å²) in [5.74, 6) is 0.182. The van der Waals surface area contributed by atoms with Crippen molar-refractivity contribution in [2.45, 2.75) is 26.4 Å². The van der Waals surface area contributed by atoms with Crippen LogP contribution >= 0.6 is 11.3 Å². The zero-order valence-corrected chi connectivity index (χ0v) is 8.98. The normalized spacial score (nSPS) is 12.8. The van der Waals surface area contributed by atoms with Crippen LogP contribution in [-0.2, 0) is 4.74 Å². The lowest BCUT2D eigenvalue weighted by Gasteiger charge is -2.07. The number of aryl methyl sites for hydroxylation is 1. The summed E-state index contributed by atoms with van der Waals surface area (Å²) in [6, 6.07) is 1.97. The topological polar surface area (TPSA) is 26.3 Å². The summed E-state index contributed by atoms with van der Waals surface area (Å²) in [7, 11) is 1.62. The first-order chi connectivity index (χ1) is 6.15. The predicted molar refractivity (Wildman–Crippen MR) is 54.5 cm³/mol. The van der Waals surface area contributed by atoms with Gasteiger partial charge in [-0.15, -0.1) is 11.3 Å². The van der Waals surface area contributed by atoms with E-state index in [9.17, 15) is 4.79 Å². The standard InChI is InChI=1S/C10H14O2S/c1-7-4-5-13-10(7)9(11)6-8(2)12-3/h4-5,8H,6H2,1-3H3. The maximum atomic E-state index is 11.6. The molecule has 0 bridgehead atoms. The minimum Gasteiger partial charge on any atom is -0.381 e. The van der Waals surface area contributed by atoms with Crippen LogP contribution < -0.4 is 0 Å². The molecule has 0 aliphatic heterocycles. The van der Waals surface area contributed by atoms with Crippen molar-refractivity contribution in [1.29, 1.82) is 0 Å². The molecule has 1 unspecified atom stereocenters. The third-order valence-corrected chi connectivity index (χ3v) is 3.05. The molecule has 0 aliphatic rings. The van der Waals surface area contributed by atoms with Crippen LogP contribution in [0, 0.1) is 6.92 Å². The molecule has 0 saturated carbocycles. The molecular weight excluding hydrogens is 184 g/mol. The average Bonchev–Trinajstić information content (AvgIpc) is 2.51. The summed E-state index contributed by atoms with van der Waals surface area (Å²) in [5.41, 5.74) is 1.07. The number of carbonyl (C=O) groups excluding carboxylic acids is 1. The van der Waals surface area contributed by atoms with Crippen molar-refractivity contribution < 1.29 is 9.53 Å². The van der Waals surface area contributed by atoms with E-state index < -0.39 is 0 Å². The van der Waals surface area contributed by atoms with E-state index >= 15 is 0 Å². The molecule has 0 fully saturated rings. The highest BCUT2D eigenvalue weighted by molar-refractivity contribution is 7.12. The van der Waals surface area contributed by atoms with Gasteiger partial charge in [0.15, 0.2) is 5.78 Å². The highest BCUT2D eigenvalue weighted by Crippen LogP contribution is 2.18. The Morgan fingerprint density at radius 3 is 2.85 bits per heavy atom. The molecule has 2 nitrogen and oxygen atoms in total. The number of methoxy groups -OCH3 is 1. The SMILES string of the molecule is COC(C)CC(=O)c1sccc1C. The van der Waals surface area contributed by atoms with Gasteiger partial charge in [0.1, 0.15) is 0 Å². The van der Waals surface area contributed by atoms with Crippen LogP contribution in [-0.4, -0.2) is 19.0 Å². The molecule has 1 heterocycles. The van der Waals surface area contributed by atoms with Crippen LogP contribution in [0.25, 0.3) is 0 Å². The fraction of sp³-hybridized carbons (Fsp3) is 0.500. The number of Topliss-reactive ketones (excluding diaryl/α,β-unsaturated/α-hetero) is 1. The van der Waals surface area contributed by atoms with Crippen molar-refractivity contribution in [3.8, 4) is 0 Å². The first-order valence-electron chi connectivity index (χ1n) is 4.25. The largest absolute Gasteiger partial charge is 0.381 e. The molecule has 0 saturated heterocycles. The minimum absolute atomic E-state index is 0.00833. The van der Waals surface area contributed by atoms with Crippen molar-refractivity contribution in [1.82, 2.24) is 0 Å². The zero-order valence-electron chi connectivity index (χ0n) is 8.16. The van der Waals surface area contributed by atoms with E-state index in [0.717, 1.165) is 10.4 Å². The quantitative estimate of drug-likeness (QED) is 0.695. The van der Waals surface area contributed by atoms with Gasteiger partial charge in [0.2, 0.25) is 0 Å². The molecule has 1 rings (SSSR count). The van der Waals surface area contributed by atoms with Crippen molar-refractivity contribution in [3.63, 3.8) is 0 Å². The molecular formula is C10H14O2S. The molecule has 72 valence electrons. The Kier molecular flexibility index (Phi) is 3.63. The fourth-order valence-corrected chi connectivity index (χ4v) is 1.97. The van der Waals surface area contributed by atoms with Crippen LogP contribution in [0.1, 0.15) is 28.6 Å². The van der Waals surface area contributed by atoms with E-state index in [-0.39, 0.29) is 11.9 Å². The van der Waals surface area contributed by atoms with Crippen molar-refractivity contribution in [2.75, 3.05) is 7.11 Å². The van der Waals surface area contributed by atoms with Gasteiger partial charge < -0.3 is 4.74 Å². The molecule has 1 atom stereocenters. The number of ether oxygens (including phenoxy) is 1. The van der Waals surface area contributed by atoms with Crippen molar-refractivity contribution >= 4 is 17.1 Å². The number of carbonyl (C=O) groups is 1. The number of rotatable bonds is 4. The van der Waals surface area contributed by atoms with E-state index in [4.69, 9.17) is 4.74 Å². The molecule has 1 aromatic heterocycles. The van der Waals surface area contributed by atoms with E-state index in [1.807, 2.05) is 25.3 Å². The second kappa shape index (κ2) is 4.53. The maximum absolute atomic E-state index is 11.6. The Hall–Kier alpha value is -0.670. The Labute approximate surface area is 82.5 Å². The number of hydrogen-bond donors (Lipinski definition) is 0. The van der Waals surface area contributed by atoms with Crippen LogP contribution in [0.3, 0.4) is 0 Å². The van der Waals surface area contributed by atoms with Gasteiger partial charge in [-0.05, 0) is 30.9 Å². The third-order valence-electron chi connectivity index (χ3n) is 1.99.